The van der Waals surface area contributed by atoms with Gasteiger partial charge in [0.15, 0.2) is 0 Å². The number of hydrogen-bond acceptors (Lipinski definition) is 3. The summed E-state index contributed by atoms with van der Waals surface area (Å²) in [7, 11) is 0. The Kier molecular flexibility index (Phi) is 4.27. The summed E-state index contributed by atoms with van der Waals surface area (Å²) in [6.45, 7) is 8.80. The van der Waals surface area contributed by atoms with Gasteiger partial charge in [0.05, 0.1) is 10.2 Å². The molecule has 0 saturated heterocycles. The predicted octanol–water partition coefficient (Wildman–Crippen LogP) is 3.23. The van der Waals surface area contributed by atoms with Gasteiger partial charge in [-0.2, -0.15) is 0 Å². The zero-order chi connectivity index (χ0) is 11.4. The summed E-state index contributed by atoms with van der Waals surface area (Å²) < 4.78 is 0.940. The Hall–Kier alpha value is -0.900. The van der Waals surface area contributed by atoms with E-state index in [0.717, 1.165) is 28.4 Å². The molecular weight excluding hydrogens is 254 g/mol. The summed E-state index contributed by atoms with van der Waals surface area (Å²) in [5.41, 5.74) is 2.25. The minimum atomic E-state index is 0.787. The van der Waals surface area contributed by atoms with Crippen LogP contribution in [0.25, 0.3) is 0 Å². The molecule has 82 valence electrons. The molecule has 1 N–H and O–H groups in total. The van der Waals surface area contributed by atoms with Crippen LogP contribution in [0.2, 0.25) is 0 Å². The van der Waals surface area contributed by atoms with Crippen LogP contribution in [0, 0.1) is 13.8 Å². The van der Waals surface area contributed by atoms with Gasteiger partial charge in [0, 0.05) is 6.54 Å². The van der Waals surface area contributed by atoms with E-state index < -0.39 is 0 Å². The molecule has 0 saturated carbocycles. The van der Waals surface area contributed by atoms with Crippen LogP contribution in [0.3, 0.4) is 0 Å². The third-order valence-electron chi connectivity index (χ3n) is 1.91. The van der Waals surface area contributed by atoms with Gasteiger partial charge < -0.3 is 5.32 Å². The first-order valence-electron chi connectivity index (χ1n) is 4.88. The molecule has 15 heavy (non-hydrogen) atoms. The highest BCUT2D eigenvalue weighted by molar-refractivity contribution is 9.10. The fourth-order valence-electron chi connectivity index (χ4n) is 1.17. The van der Waals surface area contributed by atoms with Crippen molar-refractivity contribution in [2.45, 2.75) is 27.7 Å². The third kappa shape index (κ3) is 3.63. The van der Waals surface area contributed by atoms with Crippen molar-refractivity contribution in [1.29, 1.82) is 0 Å². The first-order valence-corrected chi connectivity index (χ1v) is 5.68. The Balaban J connectivity index is 2.81. The number of hydrogen-bond donors (Lipinski definition) is 1. The summed E-state index contributed by atoms with van der Waals surface area (Å²) in [5, 5.41) is 3.25. The normalized spacial score (nSPS) is 9.93. The van der Waals surface area contributed by atoms with E-state index in [1.165, 1.54) is 5.57 Å². The lowest BCUT2D eigenvalue weighted by atomic mass is 10.3. The highest BCUT2D eigenvalue weighted by Crippen LogP contribution is 2.22. The van der Waals surface area contributed by atoms with Gasteiger partial charge in [0.2, 0.25) is 0 Å². The summed E-state index contributed by atoms with van der Waals surface area (Å²) in [6.07, 6.45) is 2.12. The summed E-state index contributed by atoms with van der Waals surface area (Å²) in [5.74, 6) is 1.65. The molecule has 1 aromatic heterocycles. The third-order valence-corrected chi connectivity index (χ3v) is 2.86. The van der Waals surface area contributed by atoms with Crippen LogP contribution in [0.4, 0.5) is 5.82 Å². The van der Waals surface area contributed by atoms with E-state index in [1.54, 1.807) is 0 Å². The highest BCUT2D eigenvalue weighted by Gasteiger charge is 2.05. The minimum absolute atomic E-state index is 0.787. The Labute approximate surface area is 99.2 Å². The van der Waals surface area contributed by atoms with Gasteiger partial charge >= 0.3 is 0 Å². The van der Waals surface area contributed by atoms with E-state index in [9.17, 15) is 0 Å². The van der Waals surface area contributed by atoms with Gasteiger partial charge in [0.1, 0.15) is 11.6 Å². The summed E-state index contributed by atoms with van der Waals surface area (Å²) in [6, 6.07) is 0. The van der Waals surface area contributed by atoms with E-state index >= 15 is 0 Å². The molecule has 0 radical (unpaired) electrons. The Morgan fingerprint density at radius 1 is 1.33 bits per heavy atom. The lowest BCUT2D eigenvalue weighted by molar-refractivity contribution is 0.993. The van der Waals surface area contributed by atoms with Crippen molar-refractivity contribution >= 4 is 21.7 Å². The maximum atomic E-state index is 4.33. The van der Waals surface area contributed by atoms with Crippen LogP contribution < -0.4 is 5.32 Å². The van der Waals surface area contributed by atoms with E-state index in [2.05, 4.69) is 51.1 Å². The smallest absolute Gasteiger partial charge is 0.144 e. The fourth-order valence-corrected chi connectivity index (χ4v) is 1.49. The van der Waals surface area contributed by atoms with Crippen LogP contribution in [0.5, 0.6) is 0 Å². The van der Waals surface area contributed by atoms with Crippen LogP contribution in [-0.4, -0.2) is 16.5 Å². The SMILES string of the molecule is CC(C)=CCNc1nc(C)nc(C)c1Br. The van der Waals surface area contributed by atoms with Crippen molar-refractivity contribution in [1.82, 2.24) is 9.97 Å². The number of allylic oxidation sites excluding steroid dienone is 1. The Morgan fingerprint density at radius 2 is 2.00 bits per heavy atom. The molecular formula is C11H16BrN3. The largest absolute Gasteiger partial charge is 0.366 e. The molecule has 0 spiro atoms. The Bertz CT molecular complexity index is 382. The van der Waals surface area contributed by atoms with E-state index in [4.69, 9.17) is 0 Å². The van der Waals surface area contributed by atoms with Crippen LogP contribution in [-0.2, 0) is 0 Å². The quantitative estimate of drug-likeness (QED) is 0.857. The van der Waals surface area contributed by atoms with Crippen LogP contribution >= 0.6 is 15.9 Å². The standard InChI is InChI=1S/C11H16BrN3/c1-7(2)5-6-13-11-10(12)8(3)14-9(4)15-11/h5H,6H2,1-4H3,(H,13,14,15). The van der Waals surface area contributed by atoms with E-state index in [-0.39, 0.29) is 0 Å². The molecule has 0 atom stereocenters. The number of nitrogens with one attached hydrogen (secondary N) is 1. The highest BCUT2D eigenvalue weighted by atomic mass is 79.9. The van der Waals surface area contributed by atoms with Gasteiger partial charge in [-0.25, -0.2) is 9.97 Å². The van der Waals surface area contributed by atoms with E-state index in [1.807, 2.05) is 13.8 Å². The van der Waals surface area contributed by atoms with E-state index in [0.29, 0.717) is 0 Å². The van der Waals surface area contributed by atoms with Gasteiger partial charge in [-0.05, 0) is 43.6 Å². The van der Waals surface area contributed by atoms with Crippen molar-refractivity contribution in [3.63, 3.8) is 0 Å². The molecule has 3 nitrogen and oxygen atoms in total. The number of aromatic nitrogens is 2. The summed E-state index contributed by atoms with van der Waals surface area (Å²) >= 11 is 3.47. The predicted molar refractivity (Wildman–Crippen MR) is 67.1 cm³/mol. The monoisotopic (exact) mass is 269 g/mol. The van der Waals surface area contributed by atoms with Crippen molar-refractivity contribution in [3.05, 3.63) is 27.6 Å². The van der Waals surface area contributed by atoms with Gasteiger partial charge in [-0.3, -0.25) is 0 Å². The molecule has 4 heteroatoms. The van der Waals surface area contributed by atoms with Crippen LogP contribution in [0.15, 0.2) is 16.1 Å². The summed E-state index contributed by atoms with van der Waals surface area (Å²) in [4.78, 5) is 8.60. The van der Waals surface area contributed by atoms with Gasteiger partial charge in [0.25, 0.3) is 0 Å². The second kappa shape index (κ2) is 5.26. The first-order chi connectivity index (χ1) is 7.00. The average Bonchev–Trinajstić information content (AvgIpc) is 2.12. The molecule has 0 fully saturated rings. The molecule has 0 amide bonds. The topological polar surface area (TPSA) is 37.8 Å². The number of rotatable bonds is 3. The molecule has 1 aromatic rings. The van der Waals surface area contributed by atoms with Crippen LogP contribution in [0.1, 0.15) is 25.4 Å². The fraction of sp³-hybridized carbons (Fsp3) is 0.455. The number of anilines is 1. The first kappa shape index (κ1) is 12.2. The maximum Gasteiger partial charge on any atom is 0.144 e. The maximum absolute atomic E-state index is 4.33. The number of aryl methyl sites for hydroxylation is 2. The zero-order valence-electron chi connectivity index (χ0n) is 9.56. The number of halogens is 1. The molecule has 1 heterocycles. The zero-order valence-corrected chi connectivity index (χ0v) is 11.1. The van der Waals surface area contributed by atoms with Gasteiger partial charge in [-0.15, -0.1) is 0 Å². The Morgan fingerprint density at radius 3 is 2.60 bits per heavy atom. The molecule has 0 aliphatic rings. The molecule has 0 unspecified atom stereocenters. The van der Waals surface area contributed by atoms with Crippen molar-refractivity contribution in [2.24, 2.45) is 0 Å². The van der Waals surface area contributed by atoms with Gasteiger partial charge in [-0.1, -0.05) is 11.6 Å². The van der Waals surface area contributed by atoms with Crippen molar-refractivity contribution < 1.29 is 0 Å². The van der Waals surface area contributed by atoms with Crippen molar-refractivity contribution in [3.8, 4) is 0 Å². The van der Waals surface area contributed by atoms with Crippen molar-refractivity contribution in [2.75, 3.05) is 11.9 Å². The number of nitrogens with zero attached hydrogens (tertiary/aromatic N) is 2. The molecule has 0 aromatic carbocycles. The minimum Gasteiger partial charge on any atom is -0.366 e. The average molecular weight is 270 g/mol. The molecule has 0 aliphatic carbocycles. The molecule has 0 bridgehead atoms. The second-order valence-corrected chi connectivity index (χ2v) is 4.47. The molecule has 0 aliphatic heterocycles. The molecule has 1 rings (SSSR count). The lowest BCUT2D eigenvalue weighted by Crippen LogP contribution is -2.05. The lowest BCUT2D eigenvalue weighted by Gasteiger charge is -2.08. The second-order valence-electron chi connectivity index (χ2n) is 3.68.